The summed E-state index contributed by atoms with van der Waals surface area (Å²) in [6.45, 7) is 0.467. The van der Waals surface area contributed by atoms with E-state index in [1.54, 1.807) is 16.7 Å². The molecule has 0 aliphatic carbocycles. The molecule has 3 aromatic rings. The maximum absolute atomic E-state index is 11.4. The fourth-order valence-electron chi connectivity index (χ4n) is 2.51. The minimum atomic E-state index is -0.642. The summed E-state index contributed by atoms with van der Waals surface area (Å²) < 4.78 is 1.72. The highest BCUT2D eigenvalue weighted by molar-refractivity contribution is 5.95. The number of nitrogens with zero attached hydrogens (tertiary/aromatic N) is 4. The zero-order chi connectivity index (χ0) is 16.9. The summed E-state index contributed by atoms with van der Waals surface area (Å²) in [7, 11) is 0. The SMILES string of the molecule is N#CCC(=O)N=Nc1c(O)n(Cc2ccccc2)c2ccccc12. The van der Waals surface area contributed by atoms with Crippen molar-refractivity contribution < 1.29 is 9.90 Å². The van der Waals surface area contributed by atoms with Crippen LogP contribution in [-0.2, 0) is 11.3 Å². The molecule has 0 bridgehead atoms. The van der Waals surface area contributed by atoms with Gasteiger partial charge in [-0.25, -0.2) is 0 Å². The predicted molar refractivity (Wildman–Crippen MR) is 88.9 cm³/mol. The molecule has 1 heterocycles. The number of hydrogen-bond acceptors (Lipinski definition) is 4. The van der Waals surface area contributed by atoms with Crippen molar-refractivity contribution in [3.63, 3.8) is 0 Å². The lowest BCUT2D eigenvalue weighted by atomic mass is 10.2. The zero-order valence-electron chi connectivity index (χ0n) is 12.8. The molecule has 0 saturated heterocycles. The summed E-state index contributed by atoms with van der Waals surface area (Å²) in [6, 6.07) is 18.8. The van der Waals surface area contributed by atoms with Crippen molar-refractivity contribution in [2.75, 3.05) is 0 Å². The number of hydrogen-bond donors (Lipinski definition) is 1. The third-order valence-electron chi connectivity index (χ3n) is 3.59. The lowest BCUT2D eigenvalue weighted by Crippen LogP contribution is -1.98. The Morgan fingerprint density at radius 2 is 1.83 bits per heavy atom. The van der Waals surface area contributed by atoms with Gasteiger partial charge in [0.05, 0.1) is 18.1 Å². The van der Waals surface area contributed by atoms with Crippen molar-refractivity contribution >= 4 is 22.5 Å². The summed E-state index contributed by atoms with van der Waals surface area (Å²) in [5, 5.41) is 27.1. The van der Waals surface area contributed by atoms with Gasteiger partial charge in [-0.05, 0) is 11.6 Å². The van der Waals surface area contributed by atoms with E-state index in [0.29, 0.717) is 11.9 Å². The summed E-state index contributed by atoms with van der Waals surface area (Å²) in [4.78, 5) is 11.4. The minimum Gasteiger partial charge on any atom is -0.493 e. The van der Waals surface area contributed by atoms with Gasteiger partial charge >= 0.3 is 0 Å². The third kappa shape index (κ3) is 3.01. The van der Waals surface area contributed by atoms with Gasteiger partial charge in [0.2, 0.25) is 5.88 Å². The van der Waals surface area contributed by atoms with Crippen LogP contribution < -0.4 is 0 Å². The van der Waals surface area contributed by atoms with Crippen LogP contribution in [0, 0.1) is 11.3 Å². The Morgan fingerprint density at radius 3 is 2.58 bits per heavy atom. The van der Waals surface area contributed by atoms with Crippen LogP contribution in [0.15, 0.2) is 64.8 Å². The number of nitriles is 1. The van der Waals surface area contributed by atoms with Gasteiger partial charge in [0, 0.05) is 5.39 Å². The molecule has 0 spiro atoms. The Balaban J connectivity index is 2.06. The molecule has 6 heteroatoms. The number of para-hydroxylation sites is 1. The van der Waals surface area contributed by atoms with E-state index < -0.39 is 5.91 Å². The van der Waals surface area contributed by atoms with Gasteiger partial charge in [0.15, 0.2) is 5.69 Å². The number of benzene rings is 2. The van der Waals surface area contributed by atoms with E-state index in [1.165, 1.54) is 0 Å². The highest BCUT2D eigenvalue weighted by atomic mass is 16.3. The van der Waals surface area contributed by atoms with Gasteiger partial charge in [-0.15, -0.1) is 10.2 Å². The normalized spacial score (nSPS) is 11.0. The second-order valence-electron chi connectivity index (χ2n) is 5.19. The van der Waals surface area contributed by atoms with Gasteiger partial charge < -0.3 is 9.67 Å². The molecular formula is C18H14N4O2. The van der Waals surface area contributed by atoms with E-state index in [4.69, 9.17) is 5.26 Å². The van der Waals surface area contributed by atoms with Gasteiger partial charge in [-0.3, -0.25) is 4.79 Å². The first-order valence-corrected chi connectivity index (χ1v) is 7.36. The first-order chi connectivity index (χ1) is 11.7. The van der Waals surface area contributed by atoms with Crippen molar-refractivity contribution in [2.45, 2.75) is 13.0 Å². The van der Waals surface area contributed by atoms with Crippen molar-refractivity contribution in [1.29, 1.82) is 5.26 Å². The van der Waals surface area contributed by atoms with Crippen LogP contribution in [0.1, 0.15) is 12.0 Å². The number of rotatable bonds is 4. The van der Waals surface area contributed by atoms with E-state index in [0.717, 1.165) is 11.1 Å². The lowest BCUT2D eigenvalue weighted by molar-refractivity contribution is -0.117. The maximum atomic E-state index is 11.4. The molecule has 0 unspecified atom stereocenters. The van der Waals surface area contributed by atoms with Crippen LogP contribution in [-0.4, -0.2) is 15.6 Å². The molecule has 3 rings (SSSR count). The van der Waals surface area contributed by atoms with Crippen LogP contribution in [0.25, 0.3) is 10.9 Å². The Labute approximate surface area is 138 Å². The van der Waals surface area contributed by atoms with E-state index in [2.05, 4.69) is 10.2 Å². The number of amides is 1. The molecule has 0 fully saturated rings. The topological polar surface area (TPSA) is 90.7 Å². The molecule has 6 nitrogen and oxygen atoms in total. The number of fused-ring (bicyclic) bond motifs is 1. The van der Waals surface area contributed by atoms with Crippen LogP contribution >= 0.6 is 0 Å². The number of aromatic hydroxyl groups is 1. The highest BCUT2D eigenvalue weighted by Crippen LogP contribution is 2.39. The predicted octanol–water partition coefficient (Wildman–Crippen LogP) is 3.92. The monoisotopic (exact) mass is 318 g/mol. The van der Waals surface area contributed by atoms with E-state index in [9.17, 15) is 9.90 Å². The summed E-state index contributed by atoms with van der Waals surface area (Å²) in [6.07, 6.45) is -0.340. The molecular weight excluding hydrogens is 304 g/mol. The number of carbonyl (C=O) groups excluding carboxylic acids is 1. The highest BCUT2D eigenvalue weighted by Gasteiger charge is 2.16. The van der Waals surface area contributed by atoms with Crippen molar-refractivity contribution in [3.8, 4) is 11.9 Å². The molecule has 1 amide bonds. The van der Waals surface area contributed by atoms with Crippen molar-refractivity contribution in [2.24, 2.45) is 10.2 Å². The molecule has 24 heavy (non-hydrogen) atoms. The second-order valence-corrected chi connectivity index (χ2v) is 5.19. The van der Waals surface area contributed by atoms with Crippen molar-refractivity contribution in [1.82, 2.24) is 4.57 Å². The first-order valence-electron chi connectivity index (χ1n) is 7.36. The minimum absolute atomic E-state index is 0.0615. The molecule has 0 saturated carbocycles. The Hall–Kier alpha value is -3.46. The van der Waals surface area contributed by atoms with Crippen LogP contribution in [0.5, 0.6) is 5.88 Å². The van der Waals surface area contributed by atoms with Gasteiger partial charge in [-0.1, -0.05) is 48.5 Å². The first kappa shape index (κ1) is 15.4. The average Bonchev–Trinajstić information content (AvgIpc) is 2.86. The number of carbonyl (C=O) groups is 1. The van der Waals surface area contributed by atoms with E-state index in [-0.39, 0.29) is 18.0 Å². The largest absolute Gasteiger partial charge is 0.493 e. The molecule has 0 aliphatic rings. The molecule has 1 aromatic heterocycles. The van der Waals surface area contributed by atoms with Crippen LogP contribution in [0.4, 0.5) is 5.69 Å². The van der Waals surface area contributed by atoms with Gasteiger partial charge in [-0.2, -0.15) is 5.26 Å². The second kappa shape index (κ2) is 6.75. The smallest absolute Gasteiger partial charge is 0.278 e. The lowest BCUT2D eigenvalue weighted by Gasteiger charge is -2.06. The molecule has 118 valence electrons. The molecule has 0 radical (unpaired) electrons. The Bertz CT molecular complexity index is 952. The molecule has 2 aromatic carbocycles. The zero-order valence-corrected chi connectivity index (χ0v) is 12.8. The standard InChI is InChI=1S/C18H14N4O2/c19-11-10-16(23)20-21-17-14-8-4-5-9-15(14)22(18(17)24)12-13-6-2-1-3-7-13/h1-9,24H,10,12H2. The third-order valence-corrected chi connectivity index (χ3v) is 3.59. The fraction of sp³-hybridized carbons (Fsp3) is 0.111. The van der Waals surface area contributed by atoms with Gasteiger partial charge in [0.25, 0.3) is 5.91 Å². The fourth-order valence-corrected chi connectivity index (χ4v) is 2.51. The summed E-state index contributed by atoms with van der Waals surface area (Å²) in [5.41, 5.74) is 2.05. The Morgan fingerprint density at radius 1 is 1.12 bits per heavy atom. The number of aromatic nitrogens is 1. The van der Waals surface area contributed by atoms with Crippen molar-refractivity contribution in [3.05, 3.63) is 60.2 Å². The van der Waals surface area contributed by atoms with E-state index in [1.807, 2.05) is 48.5 Å². The molecule has 0 atom stereocenters. The maximum Gasteiger partial charge on any atom is 0.278 e. The van der Waals surface area contributed by atoms with Gasteiger partial charge in [0.1, 0.15) is 6.42 Å². The number of azo groups is 1. The molecule has 1 N–H and O–H groups in total. The van der Waals surface area contributed by atoms with Crippen LogP contribution in [0.3, 0.4) is 0 Å². The Kier molecular flexibility index (Phi) is 4.34. The summed E-state index contributed by atoms with van der Waals surface area (Å²) in [5.74, 6) is -0.703. The quantitative estimate of drug-likeness (QED) is 0.739. The van der Waals surface area contributed by atoms with Crippen LogP contribution in [0.2, 0.25) is 0 Å². The summed E-state index contributed by atoms with van der Waals surface area (Å²) >= 11 is 0. The average molecular weight is 318 g/mol. The van der Waals surface area contributed by atoms with E-state index >= 15 is 0 Å². The molecule has 0 aliphatic heterocycles.